The molecule has 1 saturated heterocycles. The Labute approximate surface area is 143 Å². The summed E-state index contributed by atoms with van der Waals surface area (Å²) in [5.74, 6) is 0. The average molecular weight is 309 g/mol. The summed E-state index contributed by atoms with van der Waals surface area (Å²) >= 11 is 6.01. The highest BCUT2D eigenvalue weighted by molar-refractivity contribution is 6.30. The number of halogens is 1. The maximum absolute atomic E-state index is 8.39. The second-order valence-electron chi connectivity index (χ2n) is 5.02. The molecule has 3 heteroatoms. The van der Waals surface area contributed by atoms with E-state index in [1.807, 2.05) is 4.90 Å². The van der Waals surface area contributed by atoms with E-state index in [-0.39, 0.29) is 29.7 Å². The molecular formula is C18H21ClN2. The van der Waals surface area contributed by atoms with Gasteiger partial charge in [-0.3, -0.25) is 4.90 Å². The fraction of sp³-hybridized carbons (Fsp3) is 0.333. The van der Waals surface area contributed by atoms with Crippen LogP contribution in [0.25, 0.3) is 0 Å². The van der Waals surface area contributed by atoms with Crippen LogP contribution in [0.3, 0.4) is 0 Å². The van der Waals surface area contributed by atoms with Crippen molar-refractivity contribution in [2.24, 2.45) is 0 Å². The number of hydrogen-bond donors (Lipinski definition) is 0. The normalized spacial score (nSPS) is 24.6. The van der Waals surface area contributed by atoms with Gasteiger partial charge in [-0.25, -0.2) is 0 Å². The summed E-state index contributed by atoms with van der Waals surface area (Å²) < 4.78 is 63.5. The lowest BCUT2D eigenvalue weighted by Gasteiger charge is -2.38. The van der Waals surface area contributed by atoms with Crippen molar-refractivity contribution in [3.8, 4) is 0 Å². The molecule has 0 N–H and O–H groups in total. The minimum atomic E-state index is -2.18. The molecular weight excluding hydrogens is 280 g/mol. The van der Waals surface area contributed by atoms with E-state index in [1.165, 1.54) is 4.90 Å². The molecule has 0 aliphatic carbocycles. The van der Waals surface area contributed by atoms with Crippen LogP contribution in [-0.2, 0) is 0 Å². The van der Waals surface area contributed by atoms with Gasteiger partial charge in [-0.1, -0.05) is 53.9 Å². The standard InChI is InChI=1S/C18H21ClN2/c1-20-11-13-21(14-12-20)18(15-5-3-2-4-6-15)16-7-9-17(19)10-8-16/h2-10,18H,11-14H2,1H3/i1D3,2D,3D,4D,5D,6D. The number of likely N-dealkylation sites (N-methyl/N-ethyl adjacent to an activating group) is 1. The molecule has 0 spiro atoms. The molecule has 2 aromatic carbocycles. The molecule has 0 radical (unpaired) electrons. The first kappa shape index (κ1) is 7.77. The van der Waals surface area contributed by atoms with Crippen molar-refractivity contribution in [2.75, 3.05) is 33.2 Å². The van der Waals surface area contributed by atoms with E-state index in [0.717, 1.165) is 5.56 Å². The lowest BCUT2D eigenvalue weighted by molar-refractivity contribution is 0.127. The molecule has 21 heavy (non-hydrogen) atoms. The molecule has 1 heterocycles. The molecule has 2 nitrogen and oxygen atoms in total. The molecule has 0 amide bonds. The summed E-state index contributed by atoms with van der Waals surface area (Å²) in [5.41, 5.74) is 0.913. The van der Waals surface area contributed by atoms with Crippen molar-refractivity contribution in [3.63, 3.8) is 0 Å². The molecule has 0 saturated carbocycles. The first-order valence-electron chi connectivity index (χ1n) is 10.8. The van der Waals surface area contributed by atoms with Crippen molar-refractivity contribution in [3.05, 3.63) is 70.6 Å². The van der Waals surface area contributed by atoms with Gasteiger partial charge in [-0.05, 0) is 30.2 Å². The SMILES string of the molecule is [2H]c1c([2H])c([2H])c(C(c2ccc(Cl)cc2)N2CCN(C([2H])([2H])[2H])CC2)c([2H])c1[2H]. The van der Waals surface area contributed by atoms with E-state index in [9.17, 15) is 0 Å². The Morgan fingerprint density at radius 2 is 1.67 bits per heavy atom. The highest BCUT2D eigenvalue weighted by atomic mass is 35.5. The number of hydrogen-bond acceptors (Lipinski definition) is 2. The van der Waals surface area contributed by atoms with Crippen molar-refractivity contribution < 1.29 is 11.0 Å². The summed E-state index contributed by atoms with van der Waals surface area (Å²) in [5, 5.41) is 0.529. The summed E-state index contributed by atoms with van der Waals surface area (Å²) in [6.07, 6.45) is 0. The number of nitrogens with zero attached hydrogens (tertiary/aromatic N) is 2. The summed E-state index contributed by atoms with van der Waals surface area (Å²) in [7, 11) is 0. The van der Waals surface area contributed by atoms with Crippen LogP contribution in [0.15, 0.2) is 54.5 Å². The first-order chi connectivity index (χ1) is 13.5. The molecule has 1 unspecified atom stereocenters. The summed E-state index contributed by atoms with van der Waals surface area (Å²) in [6.45, 7) is -0.835. The Balaban J connectivity index is 2.08. The van der Waals surface area contributed by atoms with Gasteiger partial charge in [0, 0.05) is 35.3 Å². The fourth-order valence-corrected chi connectivity index (χ4v) is 2.71. The van der Waals surface area contributed by atoms with Crippen molar-refractivity contribution in [2.45, 2.75) is 6.04 Å². The second kappa shape index (κ2) is 6.61. The third-order valence-corrected chi connectivity index (χ3v) is 3.91. The minimum absolute atomic E-state index is 0.181. The summed E-state index contributed by atoms with van der Waals surface area (Å²) in [4.78, 5) is 3.36. The van der Waals surface area contributed by atoms with Crippen LogP contribution in [0.4, 0.5) is 0 Å². The maximum Gasteiger partial charge on any atom is 0.0626 e. The van der Waals surface area contributed by atoms with Crippen LogP contribution in [0.2, 0.25) is 5.02 Å². The van der Waals surface area contributed by atoms with E-state index < -0.39 is 19.1 Å². The van der Waals surface area contributed by atoms with Gasteiger partial charge in [-0.15, -0.1) is 0 Å². The maximum atomic E-state index is 8.39. The zero-order valence-corrected chi connectivity index (χ0v) is 12.2. The fourth-order valence-electron chi connectivity index (χ4n) is 2.58. The van der Waals surface area contributed by atoms with E-state index in [0.29, 0.717) is 31.2 Å². The van der Waals surface area contributed by atoms with Gasteiger partial charge in [-0.2, -0.15) is 0 Å². The van der Waals surface area contributed by atoms with Gasteiger partial charge >= 0.3 is 0 Å². The Kier molecular flexibility index (Phi) is 2.45. The Morgan fingerprint density at radius 1 is 1.00 bits per heavy atom. The minimum Gasteiger partial charge on any atom is -0.304 e. The van der Waals surface area contributed by atoms with Gasteiger partial charge < -0.3 is 4.90 Å². The molecule has 0 bridgehead atoms. The van der Waals surface area contributed by atoms with E-state index in [1.54, 1.807) is 24.3 Å². The molecule has 1 aliphatic heterocycles. The first-order valence-corrected chi connectivity index (χ1v) is 7.21. The molecule has 3 rings (SSSR count). The number of piperazine rings is 1. The highest BCUT2D eigenvalue weighted by Crippen LogP contribution is 2.30. The highest BCUT2D eigenvalue weighted by Gasteiger charge is 2.25. The molecule has 1 fully saturated rings. The molecule has 1 aliphatic rings. The van der Waals surface area contributed by atoms with Gasteiger partial charge in [0.15, 0.2) is 0 Å². The van der Waals surface area contributed by atoms with Crippen LogP contribution in [0.1, 0.15) is 28.1 Å². The summed E-state index contributed by atoms with van der Waals surface area (Å²) in [6, 6.07) is 4.58. The van der Waals surface area contributed by atoms with E-state index in [2.05, 4.69) is 0 Å². The average Bonchev–Trinajstić information content (AvgIpc) is 2.68. The zero-order chi connectivity index (χ0) is 21.5. The lowest BCUT2D eigenvalue weighted by atomic mass is 9.96. The van der Waals surface area contributed by atoms with Crippen LogP contribution in [-0.4, -0.2) is 43.0 Å². The van der Waals surface area contributed by atoms with Crippen LogP contribution < -0.4 is 0 Å². The zero-order valence-electron chi connectivity index (χ0n) is 19.5. The van der Waals surface area contributed by atoms with Gasteiger partial charge in [0.25, 0.3) is 0 Å². The van der Waals surface area contributed by atoms with E-state index >= 15 is 0 Å². The number of rotatable bonds is 3. The van der Waals surface area contributed by atoms with E-state index in [4.69, 9.17) is 22.6 Å². The molecule has 110 valence electrons. The van der Waals surface area contributed by atoms with Gasteiger partial charge in [0.05, 0.1) is 12.9 Å². The molecule has 0 aromatic heterocycles. The predicted molar refractivity (Wildman–Crippen MR) is 88.8 cm³/mol. The largest absolute Gasteiger partial charge is 0.304 e. The Bertz CT molecular complexity index is 863. The second-order valence-corrected chi connectivity index (χ2v) is 5.45. The third kappa shape index (κ3) is 3.46. The topological polar surface area (TPSA) is 6.48 Å². The Hall–Kier alpha value is -1.35. The lowest BCUT2D eigenvalue weighted by Crippen LogP contribution is -2.46. The Morgan fingerprint density at radius 3 is 2.29 bits per heavy atom. The third-order valence-electron chi connectivity index (χ3n) is 3.66. The monoisotopic (exact) mass is 308 g/mol. The van der Waals surface area contributed by atoms with Crippen LogP contribution in [0.5, 0.6) is 0 Å². The van der Waals surface area contributed by atoms with Crippen molar-refractivity contribution in [1.82, 2.24) is 9.80 Å². The smallest absolute Gasteiger partial charge is 0.0626 e. The van der Waals surface area contributed by atoms with Crippen molar-refractivity contribution >= 4 is 11.6 Å². The molecule has 2 aromatic rings. The molecule has 1 atom stereocenters. The van der Waals surface area contributed by atoms with Crippen LogP contribution >= 0.6 is 11.6 Å². The number of benzene rings is 2. The quantitative estimate of drug-likeness (QED) is 0.853. The van der Waals surface area contributed by atoms with Crippen LogP contribution in [0, 0.1) is 0 Å². The van der Waals surface area contributed by atoms with Crippen molar-refractivity contribution in [1.29, 1.82) is 0 Å². The van der Waals surface area contributed by atoms with Gasteiger partial charge in [0.2, 0.25) is 0 Å². The van der Waals surface area contributed by atoms with Gasteiger partial charge in [0.1, 0.15) is 0 Å². The predicted octanol–water partition coefficient (Wildman–Crippen LogP) is 3.68.